The molecule has 2 N–H and O–H groups in total. The minimum absolute atomic E-state index is 0.0340. The van der Waals surface area contributed by atoms with Gasteiger partial charge < -0.3 is 20.0 Å². The van der Waals surface area contributed by atoms with Crippen molar-refractivity contribution >= 4 is 23.4 Å². The van der Waals surface area contributed by atoms with E-state index in [9.17, 15) is 19.8 Å². The Bertz CT molecular complexity index is 904. The van der Waals surface area contributed by atoms with Crippen molar-refractivity contribution in [3.8, 4) is 11.5 Å². The van der Waals surface area contributed by atoms with E-state index in [-0.39, 0.29) is 34.0 Å². The Labute approximate surface area is 174 Å². The zero-order chi connectivity index (χ0) is 21.1. The van der Waals surface area contributed by atoms with E-state index in [1.165, 1.54) is 11.0 Å². The van der Waals surface area contributed by atoms with E-state index in [0.717, 1.165) is 11.8 Å². The van der Waals surface area contributed by atoms with Crippen molar-refractivity contribution < 1.29 is 19.8 Å². The third-order valence-electron chi connectivity index (χ3n) is 5.06. The van der Waals surface area contributed by atoms with Crippen LogP contribution in [0.5, 0.6) is 11.5 Å². The maximum Gasteiger partial charge on any atom is 0.258 e. The van der Waals surface area contributed by atoms with Crippen LogP contribution in [0.15, 0.2) is 36.5 Å². The van der Waals surface area contributed by atoms with Crippen molar-refractivity contribution in [3.05, 3.63) is 52.8 Å². The smallest absolute Gasteiger partial charge is 0.258 e. The van der Waals surface area contributed by atoms with E-state index in [2.05, 4.69) is 4.98 Å². The van der Waals surface area contributed by atoms with Crippen LogP contribution < -0.4 is 0 Å². The highest BCUT2D eigenvalue weighted by Crippen LogP contribution is 2.33. The molecular formula is C21H24ClN3O4. The lowest BCUT2D eigenvalue weighted by molar-refractivity contribution is -0.137. The molecule has 8 heteroatoms. The summed E-state index contributed by atoms with van der Waals surface area (Å²) in [6.07, 6.45) is 2.91. The van der Waals surface area contributed by atoms with Gasteiger partial charge in [0.15, 0.2) is 0 Å². The number of halogens is 1. The van der Waals surface area contributed by atoms with Crippen molar-refractivity contribution in [3.63, 3.8) is 0 Å². The summed E-state index contributed by atoms with van der Waals surface area (Å²) in [6, 6.07) is 7.11. The summed E-state index contributed by atoms with van der Waals surface area (Å²) in [5.41, 5.74) is 0.738. The predicted molar refractivity (Wildman–Crippen MR) is 109 cm³/mol. The lowest BCUT2D eigenvalue weighted by atomic mass is 10.1. The lowest BCUT2D eigenvalue weighted by Crippen LogP contribution is -2.49. The molecule has 29 heavy (non-hydrogen) atoms. The molecule has 7 nitrogen and oxygen atoms in total. The van der Waals surface area contributed by atoms with Crippen LogP contribution in [-0.2, 0) is 11.3 Å². The first-order valence-electron chi connectivity index (χ1n) is 9.52. The number of benzene rings is 1. The second-order valence-electron chi connectivity index (χ2n) is 7.36. The maximum atomic E-state index is 13.3. The Balaban J connectivity index is 1.84. The van der Waals surface area contributed by atoms with Gasteiger partial charge in [0, 0.05) is 24.8 Å². The number of phenolic OH excluding ortho intramolecular Hbond substituents is 2. The van der Waals surface area contributed by atoms with Crippen molar-refractivity contribution in [2.24, 2.45) is 0 Å². The number of pyridine rings is 1. The fraction of sp³-hybridized carbons (Fsp3) is 0.381. The minimum Gasteiger partial charge on any atom is -0.507 e. The average molecular weight is 418 g/mol. The van der Waals surface area contributed by atoms with Gasteiger partial charge in [0.25, 0.3) is 5.91 Å². The second kappa shape index (κ2) is 8.69. The maximum absolute atomic E-state index is 13.3. The first-order chi connectivity index (χ1) is 13.8. The van der Waals surface area contributed by atoms with E-state index in [0.29, 0.717) is 25.9 Å². The lowest BCUT2D eigenvalue weighted by Gasteiger charge is -2.33. The first kappa shape index (κ1) is 20.9. The summed E-state index contributed by atoms with van der Waals surface area (Å²) < 4.78 is 0. The van der Waals surface area contributed by atoms with Crippen molar-refractivity contribution in [2.75, 3.05) is 6.54 Å². The molecule has 1 saturated heterocycles. The van der Waals surface area contributed by atoms with Crippen molar-refractivity contribution in [1.82, 2.24) is 14.8 Å². The molecular weight excluding hydrogens is 394 g/mol. The number of rotatable bonds is 5. The topological polar surface area (TPSA) is 94.0 Å². The highest BCUT2D eigenvalue weighted by atomic mass is 35.5. The molecule has 1 aliphatic rings. The number of hydrogen-bond acceptors (Lipinski definition) is 5. The molecule has 0 saturated carbocycles. The van der Waals surface area contributed by atoms with E-state index in [1.807, 2.05) is 32.0 Å². The predicted octanol–water partition coefficient (Wildman–Crippen LogP) is 3.19. The second-order valence-corrected chi connectivity index (χ2v) is 7.77. The van der Waals surface area contributed by atoms with E-state index >= 15 is 0 Å². The van der Waals surface area contributed by atoms with Crippen molar-refractivity contribution in [2.45, 2.75) is 45.3 Å². The molecule has 1 atom stereocenters. The Morgan fingerprint density at radius 2 is 2.03 bits per heavy atom. The van der Waals surface area contributed by atoms with Gasteiger partial charge in [0.05, 0.1) is 22.8 Å². The van der Waals surface area contributed by atoms with Crippen LogP contribution in [0.1, 0.15) is 42.7 Å². The normalized spacial score (nSPS) is 16.3. The number of aromatic nitrogens is 1. The molecule has 1 aromatic heterocycles. The highest BCUT2D eigenvalue weighted by Gasteiger charge is 2.38. The highest BCUT2D eigenvalue weighted by molar-refractivity contribution is 6.32. The van der Waals surface area contributed by atoms with Crippen LogP contribution in [0, 0.1) is 0 Å². The van der Waals surface area contributed by atoms with Gasteiger partial charge in [-0.25, -0.2) is 0 Å². The molecule has 0 radical (unpaired) electrons. The van der Waals surface area contributed by atoms with E-state index in [4.69, 9.17) is 11.6 Å². The Morgan fingerprint density at radius 1 is 1.28 bits per heavy atom. The standard InChI is InChI=1S/C21H24ClN3O4/c1-13(2)25(12-14-6-3-4-8-23-14)21(29)17-7-5-9-24(17)20(28)15-10-16(22)19(27)11-18(15)26/h3-4,6,8,10-11,13,17,26-27H,5,7,9,12H2,1-2H3/t17-/m0/s1. The van der Waals surface area contributed by atoms with Crippen LogP contribution in [0.2, 0.25) is 5.02 Å². The molecule has 154 valence electrons. The number of amides is 2. The summed E-state index contributed by atoms with van der Waals surface area (Å²) in [5, 5.41) is 19.7. The van der Waals surface area contributed by atoms with E-state index in [1.54, 1.807) is 11.1 Å². The molecule has 2 heterocycles. The Kier molecular flexibility index (Phi) is 6.27. The van der Waals surface area contributed by atoms with Gasteiger partial charge in [-0.05, 0) is 44.9 Å². The molecule has 0 unspecified atom stereocenters. The van der Waals surface area contributed by atoms with E-state index < -0.39 is 11.9 Å². The van der Waals surface area contributed by atoms with Gasteiger partial charge in [0.1, 0.15) is 17.5 Å². The number of carbonyl (C=O) groups is 2. The molecule has 3 rings (SSSR count). The Morgan fingerprint density at radius 3 is 2.69 bits per heavy atom. The number of carbonyl (C=O) groups excluding carboxylic acids is 2. The summed E-state index contributed by atoms with van der Waals surface area (Å²) in [4.78, 5) is 33.8. The third-order valence-corrected chi connectivity index (χ3v) is 5.36. The molecule has 2 amide bonds. The average Bonchev–Trinajstić information content (AvgIpc) is 3.18. The van der Waals surface area contributed by atoms with Gasteiger partial charge >= 0.3 is 0 Å². The third kappa shape index (κ3) is 4.45. The molecule has 1 aliphatic heterocycles. The van der Waals surface area contributed by atoms with Crippen LogP contribution in [0.3, 0.4) is 0 Å². The van der Waals surface area contributed by atoms with Crippen LogP contribution >= 0.6 is 11.6 Å². The number of aromatic hydroxyl groups is 2. The SMILES string of the molecule is CC(C)N(Cc1ccccn1)C(=O)[C@@H]1CCCN1C(=O)c1cc(Cl)c(O)cc1O. The molecule has 2 aromatic rings. The van der Waals surface area contributed by atoms with Crippen LogP contribution in [0.4, 0.5) is 0 Å². The zero-order valence-electron chi connectivity index (χ0n) is 16.4. The summed E-state index contributed by atoms with van der Waals surface area (Å²) in [7, 11) is 0. The van der Waals surface area contributed by atoms with Gasteiger partial charge in [0.2, 0.25) is 5.91 Å². The largest absolute Gasteiger partial charge is 0.507 e. The quantitative estimate of drug-likeness (QED) is 0.779. The fourth-order valence-corrected chi connectivity index (χ4v) is 3.68. The zero-order valence-corrected chi connectivity index (χ0v) is 17.1. The Hall–Kier alpha value is -2.80. The number of nitrogens with zero attached hydrogens (tertiary/aromatic N) is 3. The molecule has 1 aromatic carbocycles. The molecule has 0 bridgehead atoms. The van der Waals surface area contributed by atoms with Gasteiger partial charge in [-0.1, -0.05) is 17.7 Å². The first-order valence-corrected chi connectivity index (χ1v) is 9.90. The fourth-order valence-electron chi connectivity index (χ4n) is 3.52. The van der Waals surface area contributed by atoms with Crippen molar-refractivity contribution in [1.29, 1.82) is 0 Å². The summed E-state index contributed by atoms with van der Waals surface area (Å²) in [6.45, 7) is 4.61. The van der Waals surface area contributed by atoms with Gasteiger partial charge in [-0.15, -0.1) is 0 Å². The summed E-state index contributed by atoms with van der Waals surface area (Å²) in [5.74, 6) is -1.32. The van der Waals surface area contributed by atoms with Crippen LogP contribution in [0.25, 0.3) is 0 Å². The number of likely N-dealkylation sites (tertiary alicyclic amines) is 1. The molecule has 0 spiro atoms. The number of phenols is 2. The molecule has 1 fully saturated rings. The monoisotopic (exact) mass is 417 g/mol. The molecule has 0 aliphatic carbocycles. The van der Waals surface area contributed by atoms with Crippen LogP contribution in [-0.4, -0.2) is 55.4 Å². The number of hydrogen-bond donors (Lipinski definition) is 2. The minimum atomic E-state index is -0.624. The van der Waals surface area contributed by atoms with Gasteiger partial charge in [-0.3, -0.25) is 14.6 Å². The van der Waals surface area contributed by atoms with Gasteiger partial charge in [-0.2, -0.15) is 0 Å². The summed E-state index contributed by atoms with van der Waals surface area (Å²) >= 11 is 5.90.